The molecule has 0 aliphatic carbocycles. The van der Waals surface area contributed by atoms with E-state index in [1.54, 1.807) is 0 Å². The first-order valence-corrected chi connectivity index (χ1v) is 7.60. The van der Waals surface area contributed by atoms with E-state index >= 15 is 0 Å². The summed E-state index contributed by atoms with van der Waals surface area (Å²) in [6.45, 7) is 10.7. The Morgan fingerprint density at radius 1 is 1.16 bits per heavy atom. The monoisotopic (exact) mass is 274 g/mol. The van der Waals surface area contributed by atoms with E-state index in [1.807, 2.05) is 17.4 Å². The molecule has 2 aromatic rings. The topological polar surface area (TPSA) is 24.9 Å². The van der Waals surface area contributed by atoms with Crippen molar-refractivity contribution in [2.45, 2.75) is 39.7 Å². The average molecular weight is 274 g/mol. The standard InChI is InChI=1S/C16H22N2S/c1-5-17-11-13-14(12-9-7-6-8-10-12)18-15(19-13)16(2,3)4/h6-10,17H,5,11H2,1-4H3. The minimum atomic E-state index is 0.110. The van der Waals surface area contributed by atoms with Crippen LogP contribution in [0.2, 0.25) is 0 Å². The van der Waals surface area contributed by atoms with E-state index in [2.05, 4.69) is 57.3 Å². The van der Waals surface area contributed by atoms with Gasteiger partial charge in [0.1, 0.15) is 0 Å². The highest BCUT2D eigenvalue weighted by atomic mass is 32.1. The fourth-order valence-corrected chi connectivity index (χ4v) is 2.96. The molecule has 1 heterocycles. The van der Waals surface area contributed by atoms with Crippen LogP contribution in [0, 0.1) is 0 Å². The fraction of sp³-hybridized carbons (Fsp3) is 0.438. The van der Waals surface area contributed by atoms with Gasteiger partial charge in [0.2, 0.25) is 0 Å². The summed E-state index contributed by atoms with van der Waals surface area (Å²) in [4.78, 5) is 6.21. The van der Waals surface area contributed by atoms with Gasteiger partial charge in [0.05, 0.1) is 10.7 Å². The highest BCUT2D eigenvalue weighted by molar-refractivity contribution is 7.12. The molecule has 0 bridgehead atoms. The summed E-state index contributed by atoms with van der Waals surface area (Å²) in [5.41, 5.74) is 2.46. The zero-order valence-electron chi connectivity index (χ0n) is 12.2. The second-order valence-electron chi connectivity index (χ2n) is 5.69. The number of rotatable bonds is 4. The molecule has 19 heavy (non-hydrogen) atoms. The van der Waals surface area contributed by atoms with Crippen LogP contribution >= 0.6 is 11.3 Å². The zero-order valence-corrected chi connectivity index (χ0v) is 13.0. The molecule has 0 fully saturated rings. The van der Waals surface area contributed by atoms with Crippen molar-refractivity contribution in [3.8, 4) is 11.3 Å². The molecular weight excluding hydrogens is 252 g/mol. The van der Waals surface area contributed by atoms with Gasteiger partial charge in [-0.25, -0.2) is 4.98 Å². The number of benzene rings is 1. The van der Waals surface area contributed by atoms with Crippen LogP contribution in [0.4, 0.5) is 0 Å². The van der Waals surface area contributed by atoms with E-state index in [4.69, 9.17) is 4.98 Å². The van der Waals surface area contributed by atoms with Crippen molar-refractivity contribution in [3.05, 3.63) is 40.2 Å². The Hall–Kier alpha value is -1.19. The first-order chi connectivity index (χ1) is 9.02. The van der Waals surface area contributed by atoms with Gasteiger partial charge in [-0.05, 0) is 6.54 Å². The molecule has 0 aliphatic heterocycles. The van der Waals surface area contributed by atoms with Crippen LogP contribution in [0.15, 0.2) is 30.3 Å². The van der Waals surface area contributed by atoms with Crippen molar-refractivity contribution in [1.29, 1.82) is 0 Å². The molecule has 2 nitrogen and oxygen atoms in total. The summed E-state index contributed by atoms with van der Waals surface area (Å²) in [6.07, 6.45) is 0. The summed E-state index contributed by atoms with van der Waals surface area (Å²) in [5.74, 6) is 0. The third kappa shape index (κ3) is 3.43. The van der Waals surface area contributed by atoms with Crippen LogP contribution in [-0.2, 0) is 12.0 Å². The molecule has 0 saturated heterocycles. The summed E-state index contributed by atoms with van der Waals surface area (Å²) in [7, 11) is 0. The van der Waals surface area contributed by atoms with Crippen LogP contribution in [0.25, 0.3) is 11.3 Å². The van der Waals surface area contributed by atoms with Crippen molar-refractivity contribution < 1.29 is 0 Å². The number of aromatic nitrogens is 1. The Morgan fingerprint density at radius 3 is 2.42 bits per heavy atom. The first-order valence-electron chi connectivity index (χ1n) is 6.78. The van der Waals surface area contributed by atoms with E-state index in [0.29, 0.717) is 0 Å². The molecule has 2 rings (SSSR count). The van der Waals surface area contributed by atoms with E-state index in [-0.39, 0.29) is 5.41 Å². The third-order valence-corrected chi connectivity index (χ3v) is 4.40. The fourth-order valence-electron chi connectivity index (χ4n) is 1.85. The lowest BCUT2D eigenvalue weighted by atomic mass is 9.98. The maximum atomic E-state index is 4.88. The van der Waals surface area contributed by atoms with E-state index in [1.165, 1.54) is 15.4 Å². The summed E-state index contributed by atoms with van der Waals surface area (Å²) >= 11 is 1.83. The molecule has 102 valence electrons. The molecule has 3 heteroatoms. The predicted octanol–water partition coefficient (Wildman–Crippen LogP) is 4.22. The van der Waals surface area contributed by atoms with Crippen molar-refractivity contribution in [3.63, 3.8) is 0 Å². The van der Waals surface area contributed by atoms with Crippen molar-refractivity contribution in [2.75, 3.05) is 6.54 Å². The van der Waals surface area contributed by atoms with Gasteiger partial charge in [0.15, 0.2) is 0 Å². The van der Waals surface area contributed by atoms with Crippen molar-refractivity contribution in [2.24, 2.45) is 0 Å². The normalized spacial score (nSPS) is 11.8. The van der Waals surface area contributed by atoms with Crippen molar-refractivity contribution >= 4 is 11.3 Å². The Kier molecular flexibility index (Phi) is 4.38. The predicted molar refractivity (Wildman–Crippen MR) is 83.6 cm³/mol. The maximum Gasteiger partial charge on any atom is 0.0989 e. The number of thiazole rings is 1. The van der Waals surface area contributed by atoms with Gasteiger partial charge in [0, 0.05) is 22.4 Å². The van der Waals surface area contributed by atoms with Gasteiger partial charge in [0.25, 0.3) is 0 Å². The number of hydrogen-bond donors (Lipinski definition) is 1. The number of nitrogens with zero attached hydrogens (tertiary/aromatic N) is 1. The van der Waals surface area contributed by atoms with Gasteiger partial charge in [-0.3, -0.25) is 0 Å². The summed E-state index contributed by atoms with van der Waals surface area (Å²) in [6, 6.07) is 10.5. The minimum absolute atomic E-state index is 0.110. The van der Waals surface area contributed by atoms with Gasteiger partial charge < -0.3 is 5.32 Å². The molecule has 0 unspecified atom stereocenters. The average Bonchev–Trinajstić information content (AvgIpc) is 2.81. The highest BCUT2D eigenvalue weighted by Crippen LogP contribution is 2.34. The Labute approximate surface area is 119 Å². The smallest absolute Gasteiger partial charge is 0.0989 e. The highest BCUT2D eigenvalue weighted by Gasteiger charge is 2.21. The molecule has 0 aliphatic rings. The van der Waals surface area contributed by atoms with Crippen molar-refractivity contribution in [1.82, 2.24) is 10.3 Å². The Balaban J connectivity index is 2.43. The molecule has 1 aromatic heterocycles. The molecule has 0 saturated carbocycles. The van der Waals surface area contributed by atoms with Crippen LogP contribution in [0.5, 0.6) is 0 Å². The lowest BCUT2D eigenvalue weighted by molar-refractivity contribution is 0.586. The molecule has 0 radical (unpaired) electrons. The van der Waals surface area contributed by atoms with E-state index < -0.39 is 0 Å². The second-order valence-corrected chi connectivity index (χ2v) is 6.77. The Bertz CT molecular complexity index is 523. The molecule has 0 atom stereocenters. The quantitative estimate of drug-likeness (QED) is 0.903. The van der Waals surface area contributed by atoms with Gasteiger partial charge in [-0.1, -0.05) is 58.0 Å². The van der Waals surface area contributed by atoms with Gasteiger partial charge >= 0.3 is 0 Å². The second kappa shape index (κ2) is 5.85. The SMILES string of the molecule is CCNCc1sc(C(C)(C)C)nc1-c1ccccc1. The molecule has 0 amide bonds. The summed E-state index contributed by atoms with van der Waals surface area (Å²) in [5, 5.41) is 4.62. The van der Waals surface area contributed by atoms with E-state index in [9.17, 15) is 0 Å². The van der Waals surface area contributed by atoms with Crippen LogP contribution in [-0.4, -0.2) is 11.5 Å². The van der Waals surface area contributed by atoms with E-state index in [0.717, 1.165) is 18.8 Å². The van der Waals surface area contributed by atoms with Gasteiger partial charge in [-0.15, -0.1) is 11.3 Å². The summed E-state index contributed by atoms with van der Waals surface area (Å²) < 4.78 is 0. The van der Waals surface area contributed by atoms with Crippen LogP contribution in [0.3, 0.4) is 0 Å². The molecule has 1 N–H and O–H groups in total. The molecular formula is C16H22N2S. The zero-order chi connectivity index (χ0) is 13.9. The lowest BCUT2D eigenvalue weighted by Gasteiger charge is -2.13. The van der Waals surface area contributed by atoms with Gasteiger partial charge in [-0.2, -0.15) is 0 Å². The third-order valence-electron chi connectivity index (χ3n) is 2.92. The molecule has 1 aromatic carbocycles. The number of nitrogens with one attached hydrogen (secondary N) is 1. The minimum Gasteiger partial charge on any atom is -0.312 e. The maximum absolute atomic E-state index is 4.88. The Morgan fingerprint density at radius 2 is 1.84 bits per heavy atom. The lowest BCUT2D eigenvalue weighted by Crippen LogP contribution is -2.11. The molecule has 0 spiro atoms. The first kappa shape index (κ1) is 14.2. The largest absolute Gasteiger partial charge is 0.312 e. The number of hydrogen-bond acceptors (Lipinski definition) is 3. The van der Waals surface area contributed by atoms with Crippen LogP contribution < -0.4 is 5.32 Å². The van der Waals surface area contributed by atoms with Crippen LogP contribution in [0.1, 0.15) is 37.6 Å².